The van der Waals surface area contributed by atoms with E-state index >= 15 is 0 Å². The van der Waals surface area contributed by atoms with Gasteiger partial charge in [-0.15, -0.1) is 23.1 Å². The standard InChI is InChI=1S/C28H32N2O3S2/c1-28(2,3)18-13-14-21-22(15-18)35-26(23(21)27(32)33-4)30-25(31)24(17-9-6-5-7-10-17)34-20-12-8-11-19(29)16-20/h5-12,16,18,24H,13-15,29H2,1-4H3,(H,30,31). The van der Waals surface area contributed by atoms with Crippen LogP contribution in [0.2, 0.25) is 0 Å². The lowest BCUT2D eigenvalue weighted by atomic mass is 9.72. The minimum atomic E-state index is -0.509. The second kappa shape index (κ2) is 10.5. The van der Waals surface area contributed by atoms with E-state index in [1.54, 1.807) is 0 Å². The third-order valence-electron chi connectivity index (χ3n) is 6.57. The zero-order valence-electron chi connectivity index (χ0n) is 20.6. The minimum Gasteiger partial charge on any atom is -0.465 e. The van der Waals surface area contributed by atoms with Crippen molar-refractivity contribution < 1.29 is 14.3 Å². The summed E-state index contributed by atoms with van der Waals surface area (Å²) in [7, 11) is 1.39. The van der Waals surface area contributed by atoms with E-state index in [9.17, 15) is 9.59 Å². The highest BCUT2D eigenvalue weighted by Gasteiger charge is 2.35. The summed E-state index contributed by atoms with van der Waals surface area (Å²) in [6.45, 7) is 6.79. The molecule has 1 aliphatic rings. The summed E-state index contributed by atoms with van der Waals surface area (Å²) in [6.07, 6.45) is 2.74. The van der Waals surface area contributed by atoms with E-state index in [4.69, 9.17) is 10.5 Å². The number of nitrogen functional groups attached to an aromatic ring is 1. The highest BCUT2D eigenvalue weighted by atomic mass is 32.2. The molecule has 5 nitrogen and oxygen atoms in total. The Labute approximate surface area is 215 Å². The maximum absolute atomic E-state index is 13.7. The number of thiophene rings is 1. The van der Waals surface area contributed by atoms with Crippen LogP contribution in [0.3, 0.4) is 0 Å². The van der Waals surface area contributed by atoms with Gasteiger partial charge in [0, 0.05) is 15.5 Å². The number of nitrogens with two attached hydrogens (primary N) is 1. The molecule has 3 aromatic rings. The van der Waals surface area contributed by atoms with E-state index in [2.05, 4.69) is 26.1 Å². The van der Waals surface area contributed by atoms with Crippen LogP contribution in [0.1, 0.15) is 58.8 Å². The lowest BCUT2D eigenvalue weighted by Gasteiger charge is -2.33. The van der Waals surface area contributed by atoms with Gasteiger partial charge in [-0.05, 0) is 59.9 Å². The fourth-order valence-corrected chi connectivity index (χ4v) is 6.94. The predicted octanol–water partition coefficient (Wildman–Crippen LogP) is 6.74. The molecule has 1 amide bonds. The number of rotatable bonds is 6. The molecule has 1 aromatic heterocycles. The van der Waals surface area contributed by atoms with E-state index in [1.807, 2.05) is 54.6 Å². The number of benzene rings is 2. The number of hydrogen-bond donors (Lipinski definition) is 2. The summed E-state index contributed by atoms with van der Waals surface area (Å²) in [6, 6.07) is 17.2. The van der Waals surface area contributed by atoms with Gasteiger partial charge in [-0.1, -0.05) is 57.2 Å². The Kier molecular flexibility index (Phi) is 7.57. The molecule has 2 unspecified atom stereocenters. The van der Waals surface area contributed by atoms with Crippen LogP contribution in [-0.4, -0.2) is 19.0 Å². The summed E-state index contributed by atoms with van der Waals surface area (Å²) < 4.78 is 5.13. The molecular weight excluding hydrogens is 476 g/mol. The number of fused-ring (bicyclic) bond motifs is 1. The van der Waals surface area contributed by atoms with E-state index in [0.29, 0.717) is 22.2 Å². The maximum atomic E-state index is 13.7. The molecule has 0 spiro atoms. The van der Waals surface area contributed by atoms with Gasteiger partial charge in [-0.25, -0.2) is 4.79 Å². The van der Waals surface area contributed by atoms with Crippen LogP contribution in [0.15, 0.2) is 59.5 Å². The van der Waals surface area contributed by atoms with Gasteiger partial charge in [0.15, 0.2) is 0 Å². The number of thioether (sulfide) groups is 1. The normalized spacial score (nSPS) is 16.3. The molecule has 4 rings (SSSR count). The first-order valence-corrected chi connectivity index (χ1v) is 13.5. The average Bonchev–Trinajstić information content (AvgIpc) is 3.19. The number of anilines is 2. The molecule has 1 aliphatic carbocycles. The highest BCUT2D eigenvalue weighted by Crippen LogP contribution is 2.45. The van der Waals surface area contributed by atoms with Crippen LogP contribution in [0.4, 0.5) is 10.7 Å². The van der Waals surface area contributed by atoms with Crippen molar-refractivity contribution in [2.75, 3.05) is 18.2 Å². The first-order chi connectivity index (χ1) is 16.7. The number of esters is 1. The molecule has 0 aliphatic heterocycles. The average molecular weight is 509 g/mol. The lowest BCUT2D eigenvalue weighted by Crippen LogP contribution is -2.26. The minimum absolute atomic E-state index is 0.181. The van der Waals surface area contributed by atoms with Gasteiger partial charge < -0.3 is 15.8 Å². The summed E-state index contributed by atoms with van der Waals surface area (Å²) in [4.78, 5) is 28.6. The van der Waals surface area contributed by atoms with Crippen molar-refractivity contribution in [1.82, 2.24) is 0 Å². The monoisotopic (exact) mass is 508 g/mol. The van der Waals surface area contributed by atoms with Crippen molar-refractivity contribution in [2.45, 2.75) is 50.2 Å². The van der Waals surface area contributed by atoms with Crippen molar-refractivity contribution in [3.05, 3.63) is 76.2 Å². The third kappa shape index (κ3) is 5.73. The van der Waals surface area contributed by atoms with Gasteiger partial charge in [0.25, 0.3) is 0 Å². The zero-order valence-corrected chi connectivity index (χ0v) is 22.2. The Bertz CT molecular complexity index is 1210. The molecule has 2 aromatic carbocycles. The van der Waals surface area contributed by atoms with Crippen LogP contribution in [0.25, 0.3) is 0 Å². The van der Waals surface area contributed by atoms with Gasteiger partial charge in [0.2, 0.25) is 5.91 Å². The van der Waals surface area contributed by atoms with Crippen molar-refractivity contribution in [2.24, 2.45) is 11.3 Å². The Hall–Kier alpha value is -2.77. The fraction of sp³-hybridized carbons (Fsp3) is 0.357. The molecule has 35 heavy (non-hydrogen) atoms. The number of carbonyl (C=O) groups is 2. The number of carbonyl (C=O) groups excluding carboxylic acids is 2. The topological polar surface area (TPSA) is 81.4 Å². The Morgan fingerprint density at radius 1 is 1.14 bits per heavy atom. The molecule has 3 N–H and O–H groups in total. The molecule has 1 heterocycles. The SMILES string of the molecule is COC(=O)c1c(NC(=O)C(Sc2cccc(N)c2)c2ccccc2)sc2c1CCC(C(C)(C)C)C2. The van der Waals surface area contributed by atoms with Crippen LogP contribution in [-0.2, 0) is 22.4 Å². The zero-order chi connectivity index (χ0) is 25.2. The van der Waals surface area contributed by atoms with E-state index < -0.39 is 11.2 Å². The number of nitrogens with one attached hydrogen (secondary N) is 1. The number of methoxy groups -OCH3 is 1. The molecule has 0 fully saturated rings. The van der Waals surface area contributed by atoms with Gasteiger partial charge in [-0.3, -0.25) is 4.79 Å². The van der Waals surface area contributed by atoms with Crippen LogP contribution in [0.5, 0.6) is 0 Å². The van der Waals surface area contributed by atoms with Crippen LogP contribution in [0, 0.1) is 11.3 Å². The van der Waals surface area contributed by atoms with E-state index in [-0.39, 0.29) is 11.3 Å². The summed E-state index contributed by atoms with van der Waals surface area (Å²) in [5, 5.41) is 3.17. The molecule has 0 saturated heterocycles. The van der Waals surface area contributed by atoms with Gasteiger partial charge >= 0.3 is 5.97 Å². The first-order valence-electron chi connectivity index (χ1n) is 11.8. The largest absolute Gasteiger partial charge is 0.465 e. The van der Waals surface area contributed by atoms with E-state index in [1.165, 1.54) is 35.1 Å². The van der Waals surface area contributed by atoms with Crippen LogP contribution < -0.4 is 11.1 Å². The van der Waals surface area contributed by atoms with Crippen molar-refractivity contribution in [1.29, 1.82) is 0 Å². The van der Waals surface area contributed by atoms with Crippen molar-refractivity contribution in [3.8, 4) is 0 Å². The molecular formula is C28H32N2O3S2. The smallest absolute Gasteiger partial charge is 0.341 e. The molecule has 0 saturated carbocycles. The number of hydrogen-bond acceptors (Lipinski definition) is 6. The van der Waals surface area contributed by atoms with Gasteiger partial charge in [-0.2, -0.15) is 0 Å². The van der Waals surface area contributed by atoms with Gasteiger partial charge in [0.1, 0.15) is 10.3 Å². The second-order valence-electron chi connectivity index (χ2n) is 9.98. The second-order valence-corrected chi connectivity index (χ2v) is 12.3. The molecule has 2 atom stereocenters. The fourth-order valence-electron chi connectivity index (χ4n) is 4.53. The Morgan fingerprint density at radius 2 is 1.89 bits per heavy atom. The lowest BCUT2D eigenvalue weighted by molar-refractivity contribution is -0.115. The molecule has 7 heteroatoms. The quantitative estimate of drug-likeness (QED) is 0.219. The highest BCUT2D eigenvalue weighted by molar-refractivity contribution is 8.00. The Balaban J connectivity index is 1.67. The first kappa shape index (κ1) is 25.3. The van der Waals surface area contributed by atoms with Crippen LogP contribution >= 0.6 is 23.1 Å². The molecule has 0 bridgehead atoms. The summed E-state index contributed by atoms with van der Waals surface area (Å²) in [5.74, 6) is -0.0506. The van der Waals surface area contributed by atoms with Crippen molar-refractivity contribution in [3.63, 3.8) is 0 Å². The van der Waals surface area contributed by atoms with E-state index in [0.717, 1.165) is 35.3 Å². The maximum Gasteiger partial charge on any atom is 0.341 e. The number of ether oxygens (including phenoxy) is 1. The van der Waals surface area contributed by atoms with Gasteiger partial charge in [0.05, 0.1) is 12.7 Å². The summed E-state index contributed by atoms with van der Waals surface area (Å²) in [5.41, 5.74) is 9.22. The predicted molar refractivity (Wildman–Crippen MR) is 145 cm³/mol. The third-order valence-corrected chi connectivity index (χ3v) is 8.99. The number of amides is 1. The summed E-state index contributed by atoms with van der Waals surface area (Å²) >= 11 is 2.95. The Morgan fingerprint density at radius 3 is 2.54 bits per heavy atom. The molecule has 184 valence electrons. The molecule has 0 radical (unpaired) electrons. The van der Waals surface area contributed by atoms with Crippen molar-refractivity contribution >= 4 is 45.7 Å².